The first kappa shape index (κ1) is 10.1. The minimum Gasteiger partial charge on any atom is -0.399 e. The fourth-order valence-corrected chi connectivity index (χ4v) is 1.70. The summed E-state index contributed by atoms with van der Waals surface area (Å²) in [4.78, 5) is 0. The van der Waals surface area contributed by atoms with E-state index in [9.17, 15) is 8.42 Å². The highest BCUT2D eigenvalue weighted by Gasteiger charge is 2.16. The lowest BCUT2D eigenvalue weighted by atomic mass is 10.1. The lowest BCUT2D eigenvalue weighted by Crippen LogP contribution is -2.07. The van der Waals surface area contributed by atoms with Crippen molar-refractivity contribution >= 4 is 15.5 Å². The van der Waals surface area contributed by atoms with Crippen LogP contribution in [0.2, 0.25) is 0 Å². The molecule has 0 heterocycles. The first-order chi connectivity index (χ1) is 5.91. The highest BCUT2D eigenvalue weighted by atomic mass is 32.2. The summed E-state index contributed by atoms with van der Waals surface area (Å²) in [6.45, 7) is 1.66. The standard InChI is InChI=1S/C9H13NO2S/c1-7(13(2,11)12)8-4-3-5-9(10)6-8/h3-7H,10H2,1-2H3. The molecule has 1 unspecified atom stereocenters. The molecule has 1 rings (SSSR count). The molecule has 0 saturated heterocycles. The number of hydrogen-bond acceptors (Lipinski definition) is 3. The van der Waals surface area contributed by atoms with Gasteiger partial charge in [0, 0.05) is 11.9 Å². The summed E-state index contributed by atoms with van der Waals surface area (Å²) >= 11 is 0. The highest BCUT2D eigenvalue weighted by Crippen LogP contribution is 2.22. The van der Waals surface area contributed by atoms with Crippen LogP contribution in [0.3, 0.4) is 0 Å². The van der Waals surface area contributed by atoms with Gasteiger partial charge in [0.1, 0.15) is 0 Å². The van der Waals surface area contributed by atoms with Crippen LogP contribution in [0.5, 0.6) is 0 Å². The third-order valence-electron chi connectivity index (χ3n) is 2.02. The topological polar surface area (TPSA) is 60.2 Å². The molecule has 0 radical (unpaired) electrons. The third-order valence-corrected chi connectivity index (χ3v) is 3.58. The van der Waals surface area contributed by atoms with Crippen LogP contribution in [-0.4, -0.2) is 14.7 Å². The summed E-state index contributed by atoms with van der Waals surface area (Å²) in [7, 11) is -3.03. The van der Waals surface area contributed by atoms with Gasteiger partial charge in [-0.2, -0.15) is 0 Å². The molecule has 1 atom stereocenters. The monoisotopic (exact) mass is 199 g/mol. The van der Waals surface area contributed by atoms with Crippen LogP contribution >= 0.6 is 0 Å². The Hall–Kier alpha value is -1.03. The Labute approximate surface area is 78.5 Å². The van der Waals surface area contributed by atoms with Crippen LogP contribution in [0.1, 0.15) is 17.7 Å². The lowest BCUT2D eigenvalue weighted by Gasteiger charge is -2.09. The molecule has 0 aliphatic rings. The molecular formula is C9H13NO2S. The summed E-state index contributed by atoms with van der Waals surface area (Å²) < 4.78 is 22.4. The number of nitrogen functional groups attached to an aromatic ring is 1. The third kappa shape index (κ3) is 2.45. The van der Waals surface area contributed by atoms with Gasteiger partial charge >= 0.3 is 0 Å². The molecule has 0 amide bonds. The summed E-state index contributed by atoms with van der Waals surface area (Å²) in [6, 6.07) is 6.94. The van der Waals surface area contributed by atoms with Gasteiger partial charge in [-0.1, -0.05) is 12.1 Å². The van der Waals surface area contributed by atoms with E-state index in [0.29, 0.717) is 5.69 Å². The molecule has 3 nitrogen and oxygen atoms in total. The van der Waals surface area contributed by atoms with Crippen molar-refractivity contribution < 1.29 is 8.42 Å². The van der Waals surface area contributed by atoms with Gasteiger partial charge in [-0.25, -0.2) is 8.42 Å². The van der Waals surface area contributed by atoms with Crippen molar-refractivity contribution in [1.82, 2.24) is 0 Å². The van der Waals surface area contributed by atoms with E-state index in [4.69, 9.17) is 5.73 Å². The molecule has 0 saturated carbocycles. The van der Waals surface area contributed by atoms with Gasteiger partial charge in [-0.3, -0.25) is 0 Å². The minimum absolute atomic E-state index is 0.490. The second-order valence-corrected chi connectivity index (χ2v) is 5.51. The van der Waals surface area contributed by atoms with Gasteiger partial charge < -0.3 is 5.73 Å². The zero-order valence-electron chi connectivity index (χ0n) is 7.69. The quantitative estimate of drug-likeness (QED) is 0.732. The average Bonchev–Trinajstić information content (AvgIpc) is 2.01. The van der Waals surface area contributed by atoms with E-state index < -0.39 is 15.1 Å². The largest absolute Gasteiger partial charge is 0.399 e. The van der Waals surface area contributed by atoms with E-state index in [2.05, 4.69) is 0 Å². The second kappa shape index (κ2) is 3.38. The van der Waals surface area contributed by atoms with Gasteiger partial charge in [0.15, 0.2) is 9.84 Å². The van der Waals surface area contributed by atoms with Crippen molar-refractivity contribution in [3.05, 3.63) is 29.8 Å². The maximum atomic E-state index is 11.2. The van der Waals surface area contributed by atoms with E-state index in [1.807, 2.05) is 0 Å². The molecule has 0 fully saturated rings. The molecule has 4 heteroatoms. The number of hydrogen-bond donors (Lipinski definition) is 1. The first-order valence-corrected chi connectivity index (χ1v) is 5.91. The molecule has 13 heavy (non-hydrogen) atoms. The van der Waals surface area contributed by atoms with Gasteiger partial charge in [0.25, 0.3) is 0 Å². The Morgan fingerprint density at radius 2 is 2.00 bits per heavy atom. The molecule has 1 aromatic carbocycles. The second-order valence-electron chi connectivity index (χ2n) is 3.14. The zero-order chi connectivity index (χ0) is 10.1. The predicted octanol–water partition coefficient (Wildman–Crippen LogP) is 1.37. The van der Waals surface area contributed by atoms with Gasteiger partial charge in [0.05, 0.1) is 5.25 Å². The van der Waals surface area contributed by atoms with Gasteiger partial charge in [-0.15, -0.1) is 0 Å². The van der Waals surface area contributed by atoms with Crippen LogP contribution in [0.25, 0.3) is 0 Å². The Balaban J connectivity index is 3.10. The maximum Gasteiger partial charge on any atom is 0.154 e. The van der Waals surface area contributed by atoms with Crippen LogP contribution in [-0.2, 0) is 9.84 Å². The zero-order valence-corrected chi connectivity index (χ0v) is 8.51. The molecule has 72 valence electrons. The van der Waals surface area contributed by atoms with E-state index in [-0.39, 0.29) is 0 Å². The predicted molar refractivity (Wildman–Crippen MR) is 54.1 cm³/mol. The summed E-state index contributed by atoms with van der Waals surface area (Å²) in [5.41, 5.74) is 6.87. The molecular weight excluding hydrogens is 186 g/mol. The van der Waals surface area contributed by atoms with Crippen molar-refractivity contribution in [3.63, 3.8) is 0 Å². The summed E-state index contributed by atoms with van der Waals surface area (Å²) in [6.07, 6.45) is 1.22. The average molecular weight is 199 g/mol. The van der Waals surface area contributed by atoms with Crippen molar-refractivity contribution in [3.8, 4) is 0 Å². The summed E-state index contributed by atoms with van der Waals surface area (Å²) in [5, 5.41) is -0.490. The molecule has 2 N–H and O–H groups in total. The Kier molecular flexibility index (Phi) is 2.61. The smallest absolute Gasteiger partial charge is 0.154 e. The molecule has 0 aliphatic heterocycles. The lowest BCUT2D eigenvalue weighted by molar-refractivity contribution is 0.592. The molecule has 0 spiro atoms. The van der Waals surface area contributed by atoms with E-state index in [0.717, 1.165) is 5.56 Å². The maximum absolute atomic E-state index is 11.2. The fraction of sp³-hybridized carbons (Fsp3) is 0.333. The normalized spacial score (nSPS) is 14.0. The van der Waals surface area contributed by atoms with E-state index in [1.54, 1.807) is 31.2 Å². The number of anilines is 1. The van der Waals surface area contributed by atoms with Crippen molar-refractivity contribution in [2.75, 3.05) is 12.0 Å². The highest BCUT2D eigenvalue weighted by molar-refractivity contribution is 7.90. The minimum atomic E-state index is -3.03. The number of rotatable bonds is 2. The first-order valence-electron chi connectivity index (χ1n) is 3.95. The van der Waals surface area contributed by atoms with Gasteiger partial charge in [0.2, 0.25) is 0 Å². The van der Waals surface area contributed by atoms with Gasteiger partial charge in [-0.05, 0) is 24.6 Å². The SMILES string of the molecule is CC(c1cccc(N)c1)S(C)(=O)=O. The Bertz CT molecular complexity index is 398. The van der Waals surface area contributed by atoms with E-state index >= 15 is 0 Å². The van der Waals surface area contributed by atoms with Crippen molar-refractivity contribution in [1.29, 1.82) is 0 Å². The molecule has 0 aliphatic carbocycles. The number of sulfone groups is 1. The van der Waals surface area contributed by atoms with Crippen LogP contribution in [0.15, 0.2) is 24.3 Å². The molecule has 1 aromatic rings. The Morgan fingerprint density at radius 1 is 1.38 bits per heavy atom. The van der Waals surface area contributed by atoms with Crippen LogP contribution in [0, 0.1) is 0 Å². The van der Waals surface area contributed by atoms with Crippen molar-refractivity contribution in [2.24, 2.45) is 0 Å². The summed E-state index contributed by atoms with van der Waals surface area (Å²) in [5.74, 6) is 0. The van der Waals surface area contributed by atoms with Crippen molar-refractivity contribution in [2.45, 2.75) is 12.2 Å². The Morgan fingerprint density at radius 3 is 2.46 bits per heavy atom. The molecule has 0 bridgehead atoms. The van der Waals surface area contributed by atoms with Crippen LogP contribution < -0.4 is 5.73 Å². The number of benzene rings is 1. The number of nitrogens with two attached hydrogens (primary N) is 1. The molecule has 0 aromatic heterocycles. The van der Waals surface area contributed by atoms with E-state index in [1.165, 1.54) is 6.26 Å². The van der Waals surface area contributed by atoms with Crippen LogP contribution in [0.4, 0.5) is 5.69 Å². The fourth-order valence-electron chi connectivity index (χ4n) is 1.06.